The molecule has 7 aromatic carbocycles. The van der Waals surface area contributed by atoms with E-state index in [4.69, 9.17) is 9.97 Å². The Kier molecular flexibility index (Phi) is 5.84. The number of para-hydroxylation sites is 3. The Morgan fingerprint density at radius 2 is 0.896 bits per heavy atom. The highest BCUT2D eigenvalue weighted by Crippen LogP contribution is 2.42. The first kappa shape index (κ1) is 26.7. The Bertz CT molecular complexity index is 2830. The second-order valence-electron chi connectivity index (χ2n) is 12.2. The molecular weight excluding hydrogens is 585 g/mol. The minimum absolute atomic E-state index is 0.654. The number of benzene rings is 7. The van der Waals surface area contributed by atoms with Crippen LogP contribution in [0.15, 0.2) is 170 Å². The maximum atomic E-state index is 5.37. The van der Waals surface area contributed by atoms with E-state index in [1.165, 1.54) is 32.7 Å². The van der Waals surface area contributed by atoms with Crippen LogP contribution in [0.2, 0.25) is 0 Å². The molecule has 0 bridgehead atoms. The summed E-state index contributed by atoms with van der Waals surface area (Å²) in [6.07, 6.45) is 0. The average molecular weight is 613 g/mol. The third-order valence-corrected chi connectivity index (χ3v) is 9.52. The summed E-state index contributed by atoms with van der Waals surface area (Å²) in [6.45, 7) is 0. The maximum Gasteiger partial charge on any atom is 0.235 e. The zero-order valence-corrected chi connectivity index (χ0v) is 26.0. The van der Waals surface area contributed by atoms with Gasteiger partial charge in [-0.2, -0.15) is 0 Å². The van der Waals surface area contributed by atoms with Crippen molar-refractivity contribution in [1.29, 1.82) is 0 Å². The lowest BCUT2D eigenvalue weighted by atomic mass is 10.1. The van der Waals surface area contributed by atoms with Gasteiger partial charge in [0.2, 0.25) is 5.95 Å². The summed E-state index contributed by atoms with van der Waals surface area (Å²) in [4.78, 5) is 10.6. The molecule has 0 fully saturated rings. The predicted octanol–water partition coefficient (Wildman–Crippen LogP) is 11.2. The smallest absolute Gasteiger partial charge is 0.235 e. The standard InChI is InChI=1S/C44H28N4/c1-3-14-29(15-4-1)31-18-13-19-32(28-31)47-39-24-11-8-20-33(39)35-26-27-36-34-21-9-12-25-40(34)48(43(36)42(35)47)44-45-38-23-10-7-22-37(38)41(46-44)30-16-5-2-6-17-30/h1-28H. The molecule has 0 N–H and O–H groups in total. The molecule has 0 saturated carbocycles. The third kappa shape index (κ3) is 3.96. The minimum Gasteiger partial charge on any atom is -0.307 e. The summed E-state index contributed by atoms with van der Waals surface area (Å²) in [6, 6.07) is 60.1. The lowest BCUT2D eigenvalue weighted by Gasteiger charge is -2.14. The fraction of sp³-hybridized carbons (Fsp3) is 0. The summed E-state index contributed by atoms with van der Waals surface area (Å²) in [5, 5.41) is 5.77. The van der Waals surface area contributed by atoms with Gasteiger partial charge in [0.1, 0.15) is 0 Å². The van der Waals surface area contributed by atoms with Crippen molar-refractivity contribution in [3.63, 3.8) is 0 Å². The van der Waals surface area contributed by atoms with Crippen LogP contribution in [-0.2, 0) is 0 Å². The van der Waals surface area contributed by atoms with Gasteiger partial charge in [-0.05, 0) is 41.5 Å². The van der Waals surface area contributed by atoms with E-state index < -0.39 is 0 Å². The Hall–Kier alpha value is -6.52. The number of aromatic nitrogens is 4. The highest BCUT2D eigenvalue weighted by atomic mass is 15.2. The van der Waals surface area contributed by atoms with Crippen LogP contribution in [0.4, 0.5) is 0 Å². The molecule has 0 saturated heterocycles. The van der Waals surface area contributed by atoms with E-state index in [9.17, 15) is 0 Å². The number of nitrogens with zero attached hydrogens (tertiary/aromatic N) is 4. The van der Waals surface area contributed by atoms with E-state index in [1.54, 1.807) is 0 Å². The second kappa shape index (κ2) is 10.5. The molecule has 10 aromatic rings. The van der Waals surface area contributed by atoms with E-state index in [0.29, 0.717) is 5.95 Å². The van der Waals surface area contributed by atoms with E-state index in [1.807, 2.05) is 6.07 Å². The first-order valence-electron chi connectivity index (χ1n) is 16.3. The topological polar surface area (TPSA) is 35.6 Å². The molecular formula is C44H28N4. The van der Waals surface area contributed by atoms with Crippen molar-refractivity contribution in [2.45, 2.75) is 0 Å². The van der Waals surface area contributed by atoms with Gasteiger partial charge in [0.25, 0.3) is 0 Å². The fourth-order valence-electron chi connectivity index (χ4n) is 7.41. The summed E-state index contributed by atoms with van der Waals surface area (Å²) >= 11 is 0. The Morgan fingerprint density at radius 3 is 1.60 bits per heavy atom. The molecule has 0 atom stereocenters. The van der Waals surface area contributed by atoms with Crippen molar-refractivity contribution in [3.8, 4) is 34.0 Å². The van der Waals surface area contributed by atoms with E-state index >= 15 is 0 Å². The molecule has 0 amide bonds. The number of hydrogen-bond acceptors (Lipinski definition) is 2. The highest BCUT2D eigenvalue weighted by molar-refractivity contribution is 6.23. The molecule has 224 valence electrons. The van der Waals surface area contributed by atoms with E-state index in [2.05, 4.69) is 173 Å². The molecule has 0 aliphatic heterocycles. The second-order valence-corrected chi connectivity index (χ2v) is 12.2. The number of fused-ring (bicyclic) bond motifs is 8. The van der Waals surface area contributed by atoms with Crippen LogP contribution in [-0.4, -0.2) is 19.1 Å². The first-order valence-corrected chi connectivity index (χ1v) is 16.3. The SMILES string of the molecule is c1ccc(-c2cccc(-n3c4ccccc4c4ccc5c6ccccc6n(-c6nc(-c7ccccc7)c7ccccc7n6)c5c43)c2)cc1. The van der Waals surface area contributed by atoms with Crippen LogP contribution in [0.5, 0.6) is 0 Å². The van der Waals surface area contributed by atoms with Crippen molar-refractivity contribution in [3.05, 3.63) is 170 Å². The van der Waals surface area contributed by atoms with Gasteiger partial charge in [0.05, 0.1) is 33.3 Å². The molecule has 4 nitrogen and oxygen atoms in total. The highest BCUT2D eigenvalue weighted by Gasteiger charge is 2.23. The largest absolute Gasteiger partial charge is 0.307 e. The van der Waals surface area contributed by atoms with Gasteiger partial charge < -0.3 is 4.57 Å². The van der Waals surface area contributed by atoms with Crippen LogP contribution >= 0.6 is 0 Å². The fourth-order valence-corrected chi connectivity index (χ4v) is 7.41. The zero-order valence-electron chi connectivity index (χ0n) is 26.0. The van der Waals surface area contributed by atoms with Gasteiger partial charge in [0, 0.05) is 38.2 Å². The first-order chi connectivity index (χ1) is 23.8. The van der Waals surface area contributed by atoms with Crippen molar-refractivity contribution < 1.29 is 0 Å². The summed E-state index contributed by atoms with van der Waals surface area (Å²) < 4.78 is 4.70. The lowest BCUT2D eigenvalue weighted by molar-refractivity contribution is 1.01. The van der Waals surface area contributed by atoms with Crippen molar-refractivity contribution in [2.24, 2.45) is 0 Å². The normalized spacial score (nSPS) is 11.8. The molecule has 10 rings (SSSR count). The molecule has 3 aromatic heterocycles. The number of hydrogen-bond donors (Lipinski definition) is 0. The van der Waals surface area contributed by atoms with Crippen LogP contribution in [0.1, 0.15) is 0 Å². The maximum absolute atomic E-state index is 5.37. The monoisotopic (exact) mass is 612 g/mol. The quantitative estimate of drug-likeness (QED) is 0.198. The molecule has 4 heteroatoms. The van der Waals surface area contributed by atoms with Gasteiger partial charge in [0.15, 0.2) is 0 Å². The molecule has 0 radical (unpaired) electrons. The van der Waals surface area contributed by atoms with Crippen LogP contribution in [0.25, 0.3) is 88.5 Å². The zero-order chi connectivity index (χ0) is 31.6. The lowest BCUT2D eigenvalue weighted by Crippen LogP contribution is -2.04. The van der Waals surface area contributed by atoms with E-state index in [-0.39, 0.29) is 0 Å². The molecule has 48 heavy (non-hydrogen) atoms. The van der Waals surface area contributed by atoms with Gasteiger partial charge in [-0.15, -0.1) is 0 Å². The predicted molar refractivity (Wildman–Crippen MR) is 199 cm³/mol. The van der Waals surface area contributed by atoms with Crippen LogP contribution in [0.3, 0.4) is 0 Å². The van der Waals surface area contributed by atoms with Crippen LogP contribution in [0, 0.1) is 0 Å². The minimum atomic E-state index is 0.654. The van der Waals surface area contributed by atoms with Gasteiger partial charge in [-0.1, -0.05) is 140 Å². The Morgan fingerprint density at radius 1 is 0.354 bits per heavy atom. The van der Waals surface area contributed by atoms with Crippen molar-refractivity contribution >= 4 is 54.5 Å². The molecule has 0 spiro atoms. The third-order valence-electron chi connectivity index (χ3n) is 9.52. The van der Waals surface area contributed by atoms with Crippen LogP contribution < -0.4 is 0 Å². The molecule has 0 unspecified atom stereocenters. The summed E-state index contributed by atoms with van der Waals surface area (Å²) in [5.74, 6) is 0.654. The van der Waals surface area contributed by atoms with Gasteiger partial charge in [-0.3, -0.25) is 4.57 Å². The summed E-state index contributed by atoms with van der Waals surface area (Å²) in [5.41, 5.74) is 10.8. The molecule has 0 aliphatic rings. The summed E-state index contributed by atoms with van der Waals surface area (Å²) in [7, 11) is 0. The van der Waals surface area contributed by atoms with Crippen molar-refractivity contribution in [2.75, 3.05) is 0 Å². The van der Waals surface area contributed by atoms with Gasteiger partial charge in [-0.25, -0.2) is 9.97 Å². The molecule has 3 heterocycles. The van der Waals surface area contributed by atoms with Gasteiger partial charge >= 0.3 is 0 Å². The molecule has 0 aliphatic carbocycles. The average Bonchev–Trinajstić information content (AvgIpc) is 3.68. The van der Waals surface area contributed by atoms with E-state index in [0.717, 1.165) is 49.9 Å². The Labute approximate surface area is 276 Å². The number of rotatable bonds is 4. The van der Waals surface area contributed by atoms with Crippen molar-refractivity contribution in [1.82, 2.24) is 19.1 Å². The Balaban J connectivity index is 1.37.